The molecule has 0 spiro atoms. The smallest absolute Gasteiger partial charge is 0.255 e. The monoisotopic (exact) mass is 460 g/mol. The number of benzene rings is 2. The second-order valence-corrected chi connectivity index (χ2v) is 10.5. The highest BCUT2D eigenvalue weighted by molar-refractivity contribution is 7.19. The number of ketones is 1. The summed E-state index contributed by atoms with van der Waals surface area (Å²) in [6, 6.07) is 17.2. The van der Waals surface area contributed by atoms with Crippen molar-refractivity contribution in [3.8, 4) is 11.1 Å². The summed E-state index contributed by atoms with van der Waals surface area (Å²) >= 11 is 1.62. The summed E-state index contributed by atoms with van der Waals surface area (Å²) in [4.78, 5) is 29.0. The average Bonchev–Trinajstić information content (AvgIpc) is 3.19. The van der Waals surface area contributed by atoms with Crippen molar-refractivity contribution in [3.05, 3.63) is 70.6 Å². The van der Waals surface area contributed by atoms with Gasteiger partial charge in [-0.25, -0.2) is 0 Å². The summed E-state index contributed by atoms with van der Waals surface area (Å²) < 4.78 is 5.58. The molecule has 3 aromatic rings. The van der Waals surface area contributed by atoms with Gasteiger partial charge in [-0.1, -0.05) is 44.2 Å². The maximum atomic E-state index is 13.1. The number of hydrogen-bond acceptors (Lipinski definition) is 5. The summed E-state index contributed by atoms with van der Waals surface area (Å²) in [7, 11) is 0. The number of nitrogens with one attached hydrogen (secondary N) is 1. The Kier molecular flexibility index (Phi) is 5.81. The molecule has 1 saturated heterocycles. The van der Waals surface area contributed by atoms with Crippen molar-refractivity contribution in [2.24, 2.45) is 5.41 Å². The van der Waals surface area contributed by atoms with Gasteiger partial charge in [0, 0.05) is 36.3 Å². The van der Waals surface area contributed by atoms with Crippen molar-refractivity contribution in [3.63, 3.8) is 0 Å². The number of ether oxygens (including phenoxy) is 1. The van der Waals surface area contributed by atoms with Crippen molar-refractivity contribution < 1.29 is 14.3 Å². The maximum absolute atomic E-state index is 13.1. The highest BCUT2D eigenvalue weighted by Gasteiger charge is 2.37. The van der Waals surface area contributed by atoms with Gasteiger partial charge in [0.2, 0.25) is 0 Å². The molecule has 0 radical (unpaired) electrons. The standard InChI is InChI=1S/C27H28N2O3S/c1-27(2)16-21-23(26(29-11-13-32-14-12-29)33-24(21)22(30)17-27)19-9-6-10-20(15-19)28-25(31)18-7-4-3-5-8-18/h3-10,15H,11-14,16-17H2,1-2H3,(H,28,31). The molecule has 2 aliphatic rings. The van der Waals surface area contributed by atoms with Crippen LogP contribution in [0, 0.1) is 5.41 Å². The molecular weight excluding hydrogens is 432 g/mol. The van der Waals surface area contributed by atoms with Crippen LogP contribution in [0.4, 0.5) is 10.7 Å². The van der Waals surface area contributed by atoms with Crippen LogP contribution in [0.2, 0.25) is 0 Å². The van der Waals surface area contributed by atoms with Gasteiger partial charge in [-0.3, -0.25) is 9.59 Å². The second-order valence-electron chi connectivity index (χ2n) is 9.53. The van der Waals surface area contributed by atoms with E-state index >= 15 is 0 Å². The van der Waals surface area contributed by atoms with Crippen molar-refractivity contribution in [1.82, 2.24) is 0 Å². The molecule has 0 unspecified atom stereocenters. The lowest BCUT2D eigenvalue weighted by atomic mass is 9.75. The van der Waals surface area contributed by atoms with E-state index in [0.717, 1.165) is 51.8 Å². The number of carbonyl (C=O) groups excluding carboxylic acids is 2. The number of nitrogens with zero attached hydrogens (tertiary/aromatic N) is 1. The minimum absolute atomic E-state index is 0.0681. The van der Waals surface area contributed by atoms with E-state index in [9.17, 15) is 9.59 Å². The summed E-state index contributed by atoms with van der Waals surface area (Å²) in [5.74, 6) is 0.102. The Morgan fingerprint density at radius 2 is 1.79 bits per heavy atom. The topological polar surface area (TPSA) is 58.6 Å². The number of anilines is 2. The molecule has 1 fully saturated rings. The Morgan fingerprint density at radius 1 is 1.03 bits per heavy atom. The Bertz CT molecular complexity index is 1190. The van der Waals surface area contributed by atoms with E-state index in [4.69, 9.17) is 4.74 Å². The van der Waals surface area contributed by atoms with Crippen LogP contribution in [0.5, 0.6) is 0 Å². The Labute approximate surface area is 198 Å². The third-order valence-electron chi connectivity index (χ3n) is 6.28. The van der Waals surface area contributed by atoms with E-state index in [1.54, 1.807) is 23.5 Å². The SMILES string of the molecule is CC1(C)CC(=O)c2sc(N3CCOCC3)c(-c3cccc(NC(=O)c4ccccc4)c3)c2C1. The normalized spacial score (nSPS) is 17.5. The zero-order valence-corrected chi connectivity index (χ0v) is 19.8. The first kappa shape index (κ1) is 21.9. The van der Waals surface area contributed by atoms with E-state index in [1.165, 1.54) is 0 Å². The van der Waals surface area contributed by atoms with Crippen LogP contribution in [0.25, 0.3) is 11.1 Å². The predicted molar refractivity (Wildman–Crippen MR) is 134 cm³/mol. The first-order valence-electron chi connectivity index (χ1n) is 11.4. The van der Waals surface area contributed by atoms with Gasteiger partial charge in [0.25, 0.3) is 5.91 Å². The highest BCUT2D eigenvalue weighted by Crippen LogP contribution is 2.49. The number of carbonyl (C=O) groups is 2. The van der Waals surface area contributed by atoms with Crippen LogP contribution in [0.15, 0.2) is 54.6 Å². The van der Waals surface area contributed by atoms with Gasteiger partial charge >= 0.3 is 0 Å². The Balaban J connectivity index is 1.56. The van der Waals surface area contributed by atoms with E-state index in [1.807, 2.05) is 36.4 Å². The summed E-state index contributed by atoms with van der Waals surface area (Å²) in [5, 5.41) is 4.17. The molecule has 5 nitrogen and oxygen atoms in total. The lowest BCUT2D eigenvalue weighted by molar-refractivity contribution is 0.0917. The molecule has 5 rings (SSSR count). The summed E-state index contributed by atoms with van der Waals surface area (Å²) in [6.07, 6.45) is 1.44. The van der Waals surface area contributed by atoms with E-state index in [2.05, 4.69) is 30.1 Å². The first-order chi connectivity index (χ1) is 15.9. The van der Waals surface area contributed by atoms with Gasteiger partial charge in [-0.2, -0.15) is 0 Å². The summed E-state index contributed by atoms with van der Waals surface area (Å²) in [6.45, 7) is 7.34. The molecule has 1 aliphatic carbocycles. The summed E-state index contributed by atoms with van der Waals surface area (Å²) in [5.41, 5.74) is 4.61. The quantitative estimate of drug-likeness (QED) is 0.546. The second kappa shape index (κ2) is 8.76. The number of fused-ring (bicyclic) bond motifs is 1. The maximum Gasteiger partial charge on any atom is 0.255 e. The number of morpholine rings is 1. The average molecular weight is 461 g/mol. The minimum atomic E-state index is -0.134. The molecule has 1 aliphatic heterocycles. The molecule has 2 aromatic carbocycles. The van der Waals surface area contributed by atoms with Crippen molar-refractivity contribution in [2.75, 3.05) is 36.5 Å². The first-order valence-corrected chi connectivity index (χ1v) is 12.2. The Morgan fingerprint density at radius 3 is 2.55 bits per heavy atom. The third kappa shape index (κ3) is 4.45. The largest absolute Gasteiger partial charge is 0.378 e. The molecule has 170 valence electrons. The van der Waals surface area contributed by atoms with Crippen LogP contribution >= 0.6 is 11.3 Å². The Hall–Kier alpha value is -2.96. The van der Waals surface area contributed by atoms with Crippen LogP contribution in [-0.4, -0.2) is 38.0 Å². The molecule has 6 heteroatoms. The molecule has 1 N–H and O–H groups in total. The van der Waals surface area contributed by atoms with Gasteiger partial charge in [-0.05, 0) is 47.2 Å². The number of thiophene rings is 1. The molecule has 1 aromatic heterocycles. The van der Waals surface area contributed by atoms with Gasteiger partial charge in [0.05, 0.1) is 23.1 Å². The molecule has 1 amide bonds. The number of rotatable bonds is 4. The van der Waals surface area contributed by atoms with Gasteiger partial charge in [0.1, 0.15) is 0 Å². The predicted octanol–water partition coefficient (Wildman–Crippen LogP) is 5.66. The molecule has 0 bridgehead atoms. The van der Waals surface area contributed by atoms with E-state index < -0.39 is 0 Å². The van der Waals surface area contributed by atoms with Crippen LogP contribution in [0.1, 0.15) is 45.9 Å². The van der Waals surface area contributed by atoms with Crippen molar-refractivity contribution in [2.45, 2.75) is 26.7 Å². The van der Waals surface area contributed by atoms with Gasteiger partial charge in [-0.15, -0.1) is 11.3 Å². The van der Waals surface area contributed by atoms with Gasteiger partial charge < -0.3 is 15.0 Å². The van der Waals surface area contributed by atoms with Gasteiger partial charge in [0.15, 0.2) is 5.78 Å². The zero-order valence-electron chi connectivity index (χ0n) is 19.0. The molecule has 0 atom stereocenters. The third-order valence-corrected chi connectivity index (χ3v) is 7.61. The fraction of sp³-hybridized carbons (Fsp3) is 0.333. The minimum Gasteiger partial charge on any atom is -0.378 e. The number of Topliss-reactive ketones (excluding diaryl/α,β-unsaturated/α-hetero) is 1. The van der Waals surface area contributed by atoms with Crippen molar-refractivity contribution in [1.29, 1.82) is 0 Å². The molecular formula is C27H28N2O3S. The molecule has 33 heavy (non-hydrogen) atoms. The highest BCUT2D eigenvalue weighted by atomic mass is 32.1. The van der Waals surface area contributed by atoms with Crippen LogP contribution in [-0.2, 0) is 11.2 Å². The van der Waals surface area contributed by atoms with Crippen LogP contribution in [0.3, 0.4) is 0 Å². The zero-order chi connectivity index (χ0) is 23.0. The molecule has 2 heterocycles. The van der Waals surface area contributed by atoms with E-state index in [0.29, 0.717) is 25.2 Å². The fourth-order valence-electron chi connectivity index (χ4n) is 4.73. The lowest BCUT2D eigenvalue weighted by Gasteiger charge is -2.30. The number of amides is 1. The molecule has 0 saturated carbocycles. The fourth-order valence-corrected chi connectivity index (χ4v) is 6.07. The van der Waals surface area contributed by atoms with E-state index in [-0.39, 0.29) is 17.1 Å². The van der Waals surface area contributed by atoms with Crippen LogP contribution < -0.4 is 10.2 Å². The number of hydrogen-bond donors (Lipinski definition) is 1. The van der Waals surface area contributed by atoms with Crippen molar-refractivity contribution >= 4 is 33.7 Å². The lowest BCUT2D eigenvalue weighted by Crippen LogP contribution is -2.36.